The van der Waals surface area contributed by atoms with Crippen molar-refractivity contribution < 1.29 is 9.90 Å². The Balaban J connectivity index is 2.70. The molecule has 0 heterocycles. The summed E-state index contributed by atoms with van der Waals surface area (Å²) in [6.07, 6.45) is 0. The Morgan fingerprint density at radius 2 is 2.14 bits per heavy atom. The average molecular weight is 194 g/mol. The highest BCUT2D eigenvalue weighted by molar-refractivity contribution is 5.90. The Bertz CT molecular complexity index is 326. The summed E-state index contributed by atoms with van der Waals surface area (Å²) in [5, 5.41) is 12.0. The van der Waals surface area contributed by atoms with Gasteiger partial charge in [-0.3, -0.25) is 0 Å². The van der Waals surface area contributed by atoms with Crippen LogP contribution in [0, 0.1) is 0 Å². The van der Waals surface area contributed by atoms with Gasteiger partial charge >= 0.3 is 6.03 Å². The van der Waals surface area contributed by atoms with Gasteiger partial charge in [-0.25, -0.2) is 4.79 Å². The number of carbonyl (C=O) groups excluding carboxylic acids is 1. The first kappa shape index (κ1) is 10.4. The van der Waals surface area contributed by atoms with E-state index in [2.05, 4.69) is 5.32 Å². The van der Waals surface area contributed by atoms with Crippen LogP contribution in [0.3, 0.4) is 0 Å². The fourth-order valence-electron chi connectivity index (χ4n) is 0.934. The van der Waals surface area contributed by atoms with Crippen LogP contribution in [0.2, 0.25) is 0 Å². The third-order valence-corrected chi connectivity index (χ3v) is 1.97. The minimum atomic E-state index is -0.228. The van der Waals surface area contributed by atoms with Crippen LogP contribution < -0.4 is 5.32 Å². The van der Waals surface area contributed by atoms with E-state index in [1.54, 1.807) is 25.2 Å². The summed E-state index contributed by atoms with van der Waals surface area (Å²) in [6.45, 7) is 2.50. The summed E-state index contributed by atoms with van der Waals surface area (Å²) in [7, 11) is 1.69. The van der Waals surface area contributed by atoms with E-state index in [4.69, 9.17) is 0 Å². The number of anilines is 1. The largest absolute Gasteiger partial charge is 0.506 e. The van der Waals surface area contributed by atoms with Crippen LogP contribution >= 0.6 is 0 Å². The molecule has 0 aliphatic rings. The number of carbonyl (C=O) groups is 1. The van der Waals surface area contributed by atoms with E-state index in [-0.39, 0.29) is 11.8 Å². The topological polar surface area (TPSA) is 52.6 Å². The van der Waals surface area contributed by atoms with Crippen LogP contribution in [0.15, 0.2) is 24.3 Å². The first-order valence-electron chi connectivity index (χ1n) is 4.45. The first-order chi connectivity index (χ1) is 6.65. The maximum Gasteiger partial charge on any atom is 0.321 e. The molecule has 0 radical (unpaired) electrons. The summed E-state index contributed by atoms with van der Waals surface area (Å²) in [4.78, 5) is 12.9. The molecular formula is C10H14N2O2. The lowest BCUT2D eigenvalue weighted by atomic mass is 10.3. The van der Waals surface area contributed by atoms with Crippen LogP contribution in [-0.4, -0.2) is 29.6 Å². The van der Waals surface area contributed by atoms with Gasteiger partial charge in [0.1, 0.15) is 5.75 Å². The zero-order valence-corrected chi connectivity index (χ0v) is 8.32. The summed E-state index contributed by atoms with van der Waals surface area (Å²) in [6, 6.07) is 6.41. The van der Waals surface area contributed by atoms with E-state index in [1.807, 2.05) is 6.92 Å². The predicted molar refractivity (Wildman–Crippen MR) is 55.4 cm³/mol. The molecular weight excluding hydrogens is 180 g/mol. The van der Waals surface area contributed by atoms with Crippen LogP contribution in [-0.2, 0) is 0 Å². The number of nitrogens with zero attached hydrogens (tertiary/aromatic N) is 1. The van der Waals surface area contributed by atoms with Gasteiger partial charge < -0.3 is 15.3 Å². The summed E-state index contributed by atoms with van der Waals surface area (Å²) in [5.41, 5.74) is 0.429. The van der Waals surface area contributed by atoms with Gasteiger partial charge in [0.2, 0.25) is 0 Å². The normalized spacial score (nSPS) is 9.57. The summed E-state index contributed by atoms with van der Waals surface area (Å²) >= 11 is 0. The molecule has 1 rings (SSSR count). The van der Waals surface area contributed by atoms with Crippen molar-refractivity contribution in [2.24, 2.45) is 0 Å². The van der Waals surface area contributed by atoms with E-state index in [0.29, 0.717) is 12.2 Å². The molecule has 14 heavy (non-hydrogen) atoms. The standard InChI is InChI=1S/C10H14N2O2/c1-3-12(2)10(14)11-8-6-4-5-7-9(8)13/h4-7,13H,3H2,1-2H3,(H,11,14). The molecule has 0 aliphatic heterocycles. The van der Waals surface area contributed by atoms with Crippen LogP contribution in [0.5, 0.6) is 5.75 Å². The number of benzene rings is 1. The molecule has 1 aromatic carbocycles. The lowest BCUT2D eigenvalue weighted by Crippen LogP contribution is -2.30. The lowest BCUT2D eigenvalue weighted by Gasteiger charge is -2.15. The third-order valence-electron chi connectivity index (χ3n) is 1.97. The summed E-state index contributed by atoms with van der Waals surface area (Å²) < 4.78 is 0. The third kappa shape index (κ3) is 2.39. The Labute approximate surface area is 83.2 Å². The SMILES string of the molecule is CCN(C)C(=O)Nc1ccccc1O. The maximum atomic E-state index is 11.4. The minimum Gasteiger partial charge on any atom is -0.506 e. The van der Waals surface area contributed by atoms with E-state index in [9.17, 15) is 9.90 Å². The second kappa shape index (κ2) is 4.50. The fraction of sp³-hybridized carbons (Fsp3) is 0.300. The molecule has 2 N–H and O–H groups in total. The number of phenols is 1. The number of hydrogen-bond donors (Lipinski definition) is 2. The van der Waals surface area contributed by atoms with Crippen molar-refractivity contribution in [1.82, 2.24) is 4.90 Å². The van der Waals surface area contributed by atoms with Crippen molar-refractivity contribution in [2.45, 2.75) is 6.92 Å². The molecule has 0 aliphatic carbocycles. The molecule has 0 saturated carbocycles. The maximum absolute atomic E-state index is 11.4. The van der Waals surface area contributed by atoms with Gasteiger partial charge in [-0.2, -0.15) is 0 Å². The van der Waals surface area contributed by atoms with Crippen molar-refractivity contribution in [2.75, 3.05) is 18.9 Å². The van der Waals surface area contributed by atoms with Crippen LogP contribution in [0.25, 0.3) is 0 Å². The Morgan fingerprint density at radius 1 is 1.50 bits per heavy atom. The molecule has 0 unspecified atom stereocenters. The molecule has 0 spiro atoms. The minimum absolute atomic E-state index is 0.0744. The van der Waals surface area contributed by atoms with Crippen LogP contribution in [0.4, 0.5) is 10.5 Å². The fourth-order valence-corrected chi connectivity index (χ4v) is 0.934. The number of urea groups is 1. The first-order valence-corrected chi connectivity index (χ1v) is 4.45. The number of aromatic hydroxyl groups is 1. The molecule has 76 valence electrons. The van der Waals surface area contributed by atoms with Crippen molar-refractivity contribution >= 4 is 11.7 Å². The van der Waals surface area contributed by atoms with Crippen molar-refractivity contribution in [3.8, 4) is 5.75 Å². The molecule has 4 nitrogen and oxygen atoms in total. The predicted octanol–water partition coefficient (Wildman–Crippen LogP) is 1.88. The highest BCUT2D eigenvalue weighted by Gasteiger charge is 2.08. The highest BCUT2D eigenvalue weighted by Crippen LogP contribution is 2.21. The average Bonchev–Trinajstić information content (AvgIpc) is 2.20. The van der Waals surface area contributed by atoms with Crippen molar-refractivity contribution in [3.05, 3.63) is 24.3 Å². The van der Waals surface area contributed by atoms with Gasteiger partial charge in [0.15, 0.2) is 0 Å². The summed E-state index contributed by atoms with van der Waals surface area (Å²) in [5.74, 6) is 0.0744. The van der Waals surface area contributed by atoms with Gasteiger partial charge in [0.05, 0.1) is 5.69 Å². The van der Waals surface area contributed by atoms with Gasteiger partial charge in [-0.05, 0) is 19.1 Å². The second-order valence-electron chi connectivity index (χ2n) is 2.96. The number of nitrogens with one attached hydrogen (secondary N) is 1. The van der Waals surface area contributed by atoms with Gasteiger partial charge in [-0.15, -0.1) is 0 Å². The van der Waals surface area contributed by atoms with E-state index < -0.39 is 0 Å². The highest BCUT2D eigenvalue weighted by atomic mass is 16.3. The quantitative estimate of drug-likeness (QED) is 0.706. The number of hydrogen-bond acceptors (Lipinski definition) is 2. The zero-order valence-electron chi connectivity index (χ0n) is 8.32. The number of rotatable bonds is 2. The van der Waals surface area contributed by atoms with Gasteiger partial charge in [-0.1, -0.05) is 12.1 Å². The number of phenolic OH excluding ortho intramolecular Hbond substituents is 1. The number of amides is 2. The van der Waals surface area contributed by atoms with Gasteiger partial charge in [0.25, 0.3) is 0 Å². The molecule has 0 bridgehead atoms. The molecule has 1 aromatic rings. The molecule has 0 aromatic heterocycles. The van der Waals surface area contributed by atoms with E-state index >= 15 is 0 Å². The van der Waals surface area contributed by atoms with Crippen molar-refractivity contribution in [3.63, 3.8) is 0 Å². The second-order valence-corrected chi connectivity index (χ2v) is 2.96. The van der Waals surface area contributed by atoms with Gasteiger partial charge in [0, 0.05) is 13.6 Å². The Kier molecular flexibility index (Phi) is 3.34. The van der Waals surface area contributed by atoms with E-state index in [1.165, 1.54) is 11.0 Å². The molecule has 4 heteroatoms. The molecule has 0 fully saturated rings. The van der Waals surface area contributed by atoms with Crippen molar-refractivity contribution in [1.29, 1.82) is 0 Å². The van der Waals surface area contributed by atoms with E-state index in [0.717, 1.165) is 0 Å². The monoisotopic (exact) mass is 194 g/mol. The Morgan fingerprint density at radius 3 is 2.71 bits per heavy atom. The Hall–Kier alpha value is -1.71. The van der Waals surface area contributed by atoms with Crippen LogP contribution in [0.1, 0.15) is 6.92 Å². The zero-order chi connectivity index (χ0) is 10.6. The molecule has 0 atom stereocenters. The number of para-hydroxylation sites is 2. The smallest absolute Gasteiger partial charge is 0.321 e. The molecule has 2 amide bonds. The lowest BCUT2D eigenvalue weighted by molar-refractivity contribution is 0.224. The molecule has 0 saturated heterocycles.